The van der Waals surface area contributed by atoms with Crippen LogP contribution in [0, 0.1) is 0 Å². The number of nitrogens with one attached hydrogen (secondary N) is 3. The van der Waals surface area contributed by atoms with Gasteiger partial charge in [0.15, 0.2) is 5.11 Å². The number of carbonyl (C=O) groups is 1. The predicted molar refractivity (Wildman–Crippen MR) is 97.6 cm³/mol. The van der Waals surface area contributed by atoms with Crippen molar-refractivity contribution < 1.29 is 4.79 Å². The summed E-state index contributed by atoms with van der Waals surface area (Å²) in [5, 5.41) is 4.11. The minimum Gasteiger partial charge on any atom is -0.361 e. The van der Waals surface area contributed by atoms with Crippen LogP contribution in [0.3, 0.4) is 0 Å². The first-order valence-corrected chi connectivity index (χ1v) is 8.55. The summed E-state index contributed by atoms with van der Waals surface area (Å²) in [6, 6.07) is 10.9. The fraction of sp³-hybridized carbons (Fsp3) is 0.133. The number of amides is 1. The first kappa shape index (κ1) is 17.5. The molecule has 3 N–H and O–H groups in total. The van der Waals surface area contributed by atoms with Crippen molar-refractivity contribution in [1.29, 1.82) is 0 Å². The Morgan fingerprint density at radius 1 is 1.13 bits per heavy atom. The smallest absolute Gasteiger partial charge is 0.269 e. The molecule has 0 bridgehead atoms. The monoisotopic (exact) mass is 366 g/mol. The highest BCUT2D eigenvalue weighted by Crippen LogP contribution is 2.19. The van der Waals surface area contributed by atoms with Crippen LogP contribution >= 0.6 is 35.6 Å². The van der Waals surface area contributed by atoms with Crippen LogP contribution in [0.15, 0.2) is 53.7 Å². The van der Waals surface area contributed by atoms with Crippen molar-refractivity contribution in [3.05, 3.63) is 59.4 Å². The van der Waals surface area contributed by atoms with E-state index in [1.165, 1.54) is 0 Å². The van der Waals surface area contributed by atoms with Crippen molar-refractivity contribution >= 4 is 46.6 Å². The molecule has 0 spiro atoms. The number of nitrogens with zero attached hydrogens (tertiary/aromatic N) is 1. The summed E-state index contributed by atoms with van der Waals surface area (Å²) in [5.41, 5.74) is 5.69. The molecule has 0 saturated heterocycles. The highest BCUT2D eigenvalue weighted by Gasteiger charge is 2.04. The Morgan fingerprint density at radius 3 is 2.52 bits per heavy atom. The van der Waals surface area contributed by atoms with E-state index in [9.17, 15) is 4.79 Å². The highest BCUT2D eigenvalue weighted by molar-refractivity contribution is 7.99. The second kappa shape index (κ2) is 9.34. The number of aromatic nitrogens is 1. The maximum Gasteiger partial charge on any atom is 0.269 e. The summed E-state index contributed by atoms with van der Waals surface area (Å²) in [6.07, 6.45) is 3.11. The summed E-state index contributed by atoms with van der Waals surface area (Å²) in [7, 11) is 0. The lowest BCUT2D eigenvalue weighted by molar-refractivity contribution is 0.0943. The van der Waals surface area contributed by atoms with Crippen molar-refractivity contribution in [2.45, 2.75) is 4.90 Å². The standard InChI is InChI=1S/C15H15ClN4OS2/c16-12-1-3-13(4-2-12)23-10-9-18-15(22)20-19-14(21)11-5-7-17-8-6-11/h1-8H,9-10H2,(H,19,21)(H2,18,20,22). The first-order chi connectivity index (χ1) is 11.1. The number of rotatable bonds is 5. The number of hydrazine groups is 1. The molecule has 0 saturated carbocycles. The van der Waals surface area contributed by atoms with Gasteiger partial charge in [-0.25, -0.2) is 0 Å². The van der Waals surface area contributed by atoms with Gasteiger partial charge >= 0.3 is 0 Å². The molecule has 0 radical (unpaired) electrons. The summed E-state index contributed by atoms with van der Waals surface area (Å²) in [6.45, 7) is 0.671. The Hall–Kier alpha value is -1.83. The average molecular weight is 367 g/mol. The van der Waals surface area contributed by atoms with E-state index in [-0.39, 0.29) is 5.91 Å². The molecule has 2 aromatic rings. The number of pyridine rings is 1. The van der Waals surface area contributed by atoms with E-state index in [0.717, 1.165) is 15.7 Å². The van der Waals surface area contributed by atoms with Crippen molar-refractivity contribution in [3.63, 3.8) is 0 Å². The van der Waals surface area contributed by atoms with Crippen molar-refractivity contribution in [3.8, 4) is 0 Å². The molecule has 2 rings (SSSR count). The quantitative estimate of drug-likeness (QED) is 0.327. The predicted octanol–water partition coefficient (Wildman–Crippen LogP) is 2.64. The Balaban J connectivity index is 1.62. The van der Waals surface area contributed by atoms with Gasteiger partial charge in [0.1, 0.15) is 0 Å². The zero-order valence-corrected chi connectivity index (χ0v) is 14.5. The normalized spacial score (nSPS) is 9.96. The van der Waals surface area contributed by atoms with Crippen LogP contribution in [0.5, 0.6) is 0 Å². The van der Waals surface area contributed by atoms with Gasteiger partial charge in [0.25, 0.3) is 5.91 Å². The molecule has 23 heavy (non-hydrogen) atoms. The molecule has 1 heterocycles. The van der Waals surface area contributed by atoms with Crippen LogP contribution in [-0.4, -0.2) is 28.3 Å². The summed E-state index contributed by atoms with van der Waals surface area (Å²) >= 11 is 12.6. The third-order valence-electron chi connectivity index (χ3n) is 2.70. The van der Waals surface area contributed by atoms with E-state index in [1.807, 2.05) is 24.3 Å². The lowest BCUT2D eigenvalue weighted by atomic mass is 10.3. The molecule has 0 atom stereocenters. The number of hydrogen-bond acceptors (Lipinski definition) is 4. The van der Waals surface area contributed by atoms with Crippen LogP contribution in [-0.2, 0) is 0 Å². The van der Waals surface area contributed by atoms with Crippen LogP contribution in [0.2, 0.25) is 5.02 Å². The number of thioether (sulfide) groups is 1. The minimum atomic E-state index is -0.271. The van der Waals surface area contributed by atoms with Gasteiger partial charge in [0.2, 0.25) is 0 Å². The van der Waals surface area contributed by atoms with Gasteiger partial charge in [-0.2, -0.15) is 0 Å². The molecular formula is C15H15ClN4OS2. The summed E-state index contributed by atoms with van der Waals surface area (Å²) in [5.74, 6) is 0.564. The average Bonchev–Trinajstić information content (AvgIpc) is 2.59. The molecule has 1 aromatic carbocycles. The van der Waals surface area contributed by atoms with Crippen LogP contribution < -0.4 is 16.2 Å². The van der Waals surface area contributed by atoms with E-state index in [2.05, 4.69) is 21.2 Å². The molecule has 8 heteroatoms. The summed E-state index contributed by atoms with van der Waals surface area (Å²) < 4.78 is 0. The van der Waals surface area contributed by atoms with Gasteiger partial charge in [-0.05, 0) is 48.6 Å². The largest absolute Gasteiger partial charge is 0.361 e. The van der Waals surface area contributed by atoms with Crippen LogP contribution in [0.1, 0.15) is 10.4 Å². The Labute approximate surface area is 149 Å². The zero-order chi connectivity index (χ0) is 16.5. The number of carbonyl (C=O) groups excluding carboxylic acids is 1. The topological polar surface area (TPSA) is 66.1 Å². The van der Waals surface area contributed by atoms with E-state index in [4.69, 9.17) is 23.8 Å². The number of thiocarbonyl (C=S) groups is 1. The zero-order valence-electron chi connectivity index (χ0n) is 12.1. The van der Waals surface area contributed by atoms with Crippen molar-refractivity contribution in [2.75, 3.05) is 12.3 Å². The van der Waals surface area contributed by atoms with Gasteiger partial charge in [-0.3, -0.25) is 20.6 Å². The maximum atomic E-state index is 11.8. The molecule has 5 nitrogen and oxygen atoms in total. The van der Waals surface area contributed by atoms with E-state index < -0.39 is 0 Å². The van der Waals surface area contributed by atoms with Gasteiger partial charge in [-0.15, -0.1) is 11.8 Å². The van der Waals surface area contributed by atoms with E-state index in [0.29, 0.717) is 17.2 Å². The Morgan fingerprint density at radius 2 is 1.83 bits per heavy atom. The molecule has 1 aromatic heterocycles. The molecule has 1 amide bonds. The van der Waals surface area contributed by atoms with Crippen molar-refractivity contribution in [1.82, 2.24) is 21.2 Å². The van der Waals surface area contributed by atoms with Crippen LogP contribution in [0.25, 0.3) is 0 Å². The van der Waals surface area contributed by atoms with Gasteiger partial charge in [0, 0.05) is 40.2 Å². The molecule has 120 valence electrons. The van der Waals surface area contributed by atoms with Crippen molar-refractivity contribution in [2.24, 2.45) is 0 Å². The highest BCUT2D eigenvalue weighted by atomic mass is 35.5. The molecule has 0 aliphatic carbocycles. The Bertz CT molecular complexity index is 652. The fourth-order valence-electron chi connectivity index (χ4n) is 1.60. The van der Waals surface area contributed by atoms with Crippen LogP contribution in [0.4, 0.5) is 0 Å². The Kier molecular flexibility index (Phi) is 7.12. The third kappa shape index (κ3) is 6.43. The van der Waals surface area contributed by atoms with Gasteiger partial charge in [-0.1, -0.05) is 11.6 Å². The maximum absolute atomic E-state index is 11.8. The second-order valence-electron chi connectivity index (χ2n) is 4.37. The van der Waals surface area contributed by atoms with E-state index in [1.54, 1.807) is 36.3 Å². The SMILES string of the molecule is O=C(NNC(=S)NCCSc1ccc(Cl)cc1)c1ccncc1. The number of halogens is 1. The van der Waals surface area contributed by atoms with E-state index >= 15 is 0 Å². The van der Waals surface area contributed by atoms with Gasteiger partial charge < -0.3 is 5.32 Å². The summed E-state index contributed by atoms with van der Waals surface area (Å²) in [4.78, 5) is 16.8. The van der Waals surface area contributed by atoms with Gasteiger partial charge in [0.05, 0.1) is 0 Å². The number of benzene rings is 1. The lowest BCUT2D eigenvalue weighted by Crippen LogP contribution is -2.47. The molecule has 0 aliphatic rings. The minimum absolute atomic E-state index is 0.271. The third-order valence-corrected chi connectivity index (χ3v) is 4.21. The lowest BCUT2D eigenvalue weighted by Gasteiger charge is -2.11. The first-order valence-electron chi connectivity index (χ1n) is 6.78. The molecule has 0 fully saturated rings. The molecular weight excluding hydrogens is 352 g/mol. The number of hydrogen-bond donors (Lipinski definition) is 3. The molecule has 0 aliphatic heterocycles. The molecule has 0 unspecified atom stereocenters. The second-order valence-corrected chi connectivity index (χ2v) is 6.39. The fourth-order valence-corrected chi connectivity index (χ4v) is 2.64.